The first kappa shape index (κ1) is 11.2. The second kappa shape index (κ2) is 5.10. The van der Waals surface area contributed by atoms with Crippen LogP contribution >= 0.6 is 0 Å². The van der Waals surface area contributed by atoms with Crippen molar-refractivity contribution in [1.82, 2.24) is 14.8 Å². The van der Waals surface area contributed by atoms with E-state index in [2.05, 4.69) is 23.9 Å². The van der Waals surface area contributed by atoms with Gasteiger partial charge in [0.1, 0.15) is 12.2 Å². The van der Waals surface area contributed by atoms with Gasteiger partial charge in [-0.2, -0.15) is 5.10 Å². The first-order valence-corrected chi connectivity index (χ1v) is 5.07. The van der Waals surface area contributed by atoms with E-state index in [-0.39, 0.29) is 6.61 Å². The molecule has 0 fully saturated rings. The molecule has 0 aliphatic rings. The number of nitrogens with zero attached hydrogens (tertiary/aromatic N) is 3. The maximum atomic E-state index is 9.21. The monoisotopic (exact) mass is 197 g/mol. The van der Waals surface area contributed by atoms with Crippen molar-refractivity contribution in [2.75, 3.05) is 6.61 Å². The minimum Gasteiger partial charge on any atom is -0.396 e. The molecule has 4 nitrogen and oxygen atoms in total. The molecule has 1 aromatic rings. The summed E-state index contributed by atoms with van der Waals surface area (Å²) in [5.74, 6) is 1.86. The van der Waals surface area contributed by atoms with Gasteiger partial charge in [0, 0.05) is 20.1 Å². The van der Waals surface area contributed by atoms with Crippen molar-refractivity contribution < 1.29 is 5.11 Å². The number of rotatable bonds is 5. The summed E-state index contributed by atoms with van der Waals surface area (Å²) in [5.41, 5.74) is 0. The molecule has 0 aliphatic heterocycles. The molecule has 0 bridgehead atoms. The molecule has 0 saturated carbocycles. The van der Waals surface area contributed by atoms with Crippen LogP contribution in [0.4, 0.5) is 0 Å². The Balaban J connectivity index is 2.52. The van der Waals surface area contributed by atoms with E-state index in [0.717, 1.165) is 18.7 Å². The van der Waals surface area contributed by atoms with Crippen molar-refractivity contribution in [2.45, 2.75) is 26.7 Å². The summed E-state index contributed by atoms with van der Waals surface area (Å²) in [7, 11) is 1.88. The van der Waals surface area contributed by atoms with Crippen molar-refractivity contribution in [3.8, 4) is 0 Å². The van der Waals surface area contributed by atoms with E-state index in [4.69, 9.17) is 0 Å². The molecule has 0 aromatic carbocycles. The molecule has 0 radical (unpaired) electrons. The first-order chi connectivity index (χ1) is 6.63. The normalized spacial score (nSPS) is 13.5. The van der Waals surface area contributed by atoms with Gasteiger partial charge in [-0.25, -0.2) is 4.98 Å². The predicted octanol–water partition coefficient (Wildman–Crippen LogP) is 1.01. The summed E-state index contributed by atoms with van der Waals surface area (Å²) in [4.78, 5) is 4.15. The lowest BCUT2D eigenvalue weighted by Crippen LogP contribution is -2.15. The fourth-order valence-corrected chi connectivity index (χ4v) is 1.65. The van der Waals surface area contributed by atoms with Gasteiger partial charge in [-0.15, -0.1) is 0 Å². The van der Waals surface area contributed by atoms with Gasteiger partial charge in [0.05, 0.1) is 0 Å². The number of hydrogen-bond donors (Lipinski definition) is 1. The Hall–Kier alpha value is -0.900. The average Bonchev–Trinajstić information content (AvgIpc) is 2.50. The Morgan fingerprint density at radius 1 is 1.50 bits per heavy atom. The van der Waals surface area contributed by atoms with E-state index in [1.807, 2.05) is 7.05 Å². The van der Waals surface area contributed by atoms with E-state index in [0.29, 0.717) is 11.8 Å². The molecule has 1 heterocycles. The van der Waals surface area contributed by atoms with E-state index >= 15 is 0 Å². The molecule has 1 atom stereocenters. The van der Waals surface area contributed by atoms with Crippen LogP contribution in [0.25, 0.3) is 0 Å². The van der Waals surface area contributed by atoms with Crippen molar-refractivity contribution in [3.05, 3.63) is 12.2 Å². The Kier molecular flexibility index (Phi) is 4.07. The Labute approximate surface area is 85.0 Å². The number of hydrogen-bond acceptors (Lipinski definition) is 3. The van der Waals surface area contributed by atoms with Gasteiger partial charge in [0.2, 0.25) is 0 Å². The Morgan fingerprint density at radius 2 is 2.21 bits per heavy atom. The Bertz CT molecular complexity index is 270. The van der Waals surface area contributed by atoms with Gasteiger partial charge in [0.25, 0.3) is 0 Å². The molecule has 0 amide bonds. The van der Waals surface area contributed by atoms with E-state index < -0.39 is 0 Å². The van der Waals surface area contributed by atoms with Crippen LogP contribution in [0.1, 0.15) is 26.1 Å². The van der Waals surface area contributed by atoms with Crippen molar-refractivity contribution in [2.24, 2.45) is 18.9 Å². The zero-order valence-electron chi connectivity index (χ0n) is 9.14. The second-order valence-electron chi connectivity index (χ2n) is 4.18. The molecular weight excluding hydrogens is 178 g/mol. The summed E-state index contributed by atoms with van der Waals surface area (Å²) in [6.07, 6.45) is 3.40. The van der Waals surface area contributed by atoms with Crippen LogP contribution in [0.3, 0.4) is 0 Å². The molecule has 0 aliphatic carbocycles. The molecule has 4 heteroatoms. The lowest BCUT2D eigenvalue weighted by molar-refractivity contribution is 0.202. The summed E-state index contributed by atoms with van der Waals surface area (Å²) < 4.78 is 1.77. The number of aliphatic hydroxyl groups is 1. The molecule has 1 unspecified atom stereocenters. The maximum absolute atomic E-state index is 9.21. The summed E-state index contributed by atoms with van der Waals surface area (Å²) in [6, 6.07) is 0. The fraction of sp³-hybridized carbons (Fsp3) is 0.800. The van der Waals surface area contributed by atoms with Crippen LogP contribution in [0.15, 0.2) is 6.33 Å². The maximum Gasteiger partial charge on any atom is 0.138 e. The van der Waals surface area contributed by atoms with E-state index in [9.17, 15) is 5.11 Å². The molecule has 1 rings (SSSR count). The molecule has 14 heavy (non-hydrogen) atoms. The average molecular weight is 197 g/mol. The highest BCUT2D eigenvalue weighted by Gasteiger charge is 2.13. The van der Waals surface area contributed by atoms with Crippen LogP contribution in [0.2, 0.25) is 0 Å². The molecule has 1 N–H and O–H groups in total. The molecule has 0 saturated heterocycles. The lowest BCUT2D eigenvalue weighted by atomic mass is 9.95. The Morgan fingerprint density at radius 3 is 2.64 bits per heavy atom. The second-order valence-corrected chi connectivity index (χ2v) is 4.18. The molecular formula is C10H19N3O. The van der Waals surface area contributed by atoms with Gasteiger partial charge in [-0.1, -0.05) is 13.8 Å². The van der Waals surface area contributed by atoms with Gasteiger partial charge < -0.3 is 5.11 Å². The minimum absolute atomic E-state index is 0.227. The molecule has 80 valence electrons. The smallest absolute Gasteiger partial charge is 0.138 e. The van der Waals surface area contributed by atoms with Gasteiger partial charge in [-0.3, -0.25) is 4.68 Å². The summed E-state index contributed by atoms with van der Waals surface area (Å²) in [6.45, 7) is 4.56. The highest BCUT2D eigenvalue weighted by Crippen LogP contribution is 2.15. The third kappa shape index (κ3) is 3.10. The van der Waals surface area contributed by atoms with Crippen molar-refractivity contribution in [3.63, 3.8) is 0 Å². The number of aromatic nitrogens is 3. The minimum atomic E-state index is 0.227. The predicted molar refractivity (Wildman–Crippen MR) is 54.7 cm³/mol. The highest BCUT2D eigenvalue weighted by molar-refractivity contribution is 4.86. The molecule has 1 aromatic heterocycles. The van der Waals surface area contributed by atoms with Crippen LogP contribution in [-0.4, -0.2) is 26.5 Å². The number of aryl methyl sites for hydroxylation is 1. The van der Waals surface area contributed by atoms with Gasteiger partial charge in [0.15, 0.2) is 0 Å². The van der Waals surface area contributed by atoms with E-state index in [1.165, 1.54) is 0 Å². The SMILES string of the molecule is CC(C)CC(CO)Cc1ncnn1C. The van der Waals surface area contributed by atoms with Crippen LogP contribution < -0.4 is 0 Å². The summed E-state index contributed by atoms with van der Waals surface area (Å²) >= 11 is 0. The van der Waals surface area contributed by atoms with Crippen LogP contribution in [0, 0.1) is 11.8 Å². The largest absolute Gasteiger partial charge is 0.396 e. The summed E-state index contributed by atoms with van der Waals surface area (Å²) in [5, 5.41) is 13.2. The number of aliphatic hydroxyl groups excluding tert-OH is 1. The topological polar surface area (TPSA) is 50.9 Å². The van der Waals surface area contributed by atoms with Crippen LogP contribution in [-0.2, 0) is 13.5 Å². The van der Waals surface area contributed by atoms with E-state index in [1.54, 1.807) is 11.0 Å². The first-order valence-electron chi connectivity index (χ1n) is 5.07. The standard InChI is InChI=1S/C10H19N3O/c1-8(2)4-9(6-14)5-10-11-7-12-13(10)3/h7-9,14H,4-6H2,1-3H3. The quantitative estimate of drug-likeness (QED) is 0.766. The lowest BCUT2D eigenvalue weighted by Gasteiger charge is -2.15. The van der Waals surface area contributed by atoms with Gasteiger partial charge >= 0.3 is 0 Å². The zero-order chi connectivity index (χ0) is 10.6. The zero-order valence-corrected chi connectivity index (χ0v) is 9.14. The highest BCUT2D eigenvalue weighted by atomic mass is 16.3. The fourth-order valence-electron chi connectivity index (χ4n) is 1.65. The van der Waals surface area contributed by atoms with Gasteiger partial charge in [-0.05, 0) is 18.3 Å². The van der Waals surface area contributed by atoms with Crippen molar-refractivity contribution >= 4 is 0 Å². The third-order valence-electron chi connectivity index (χ3n) is 2.34. The van der Waals surface area contributed by atoms with Crippen LogP contribution in [0.5, 0.6) is 0 Å². The molecule has 0 spiro atoms. The third-order valence-corrected chi connectivity index (χ3v) is 2.34. The van der Waals surface area contributed by atoms with Crippen molar-refractivity contribution in [1.29, 1.82) is 0 Å².